The average Bonchev–Trinajstić information content (AvgIpc) is 2.39. The van der Waals surface area contributed by atoms with E-state index in [0.717, 1.165) is 30.2 Å². The Labute approximate surface area is 112 Å². The van der Waals surface area contributed by atoms with Crippen LogP contribution in [-0.2, 0) is 0 Å². The van der Waals surface area contributed by atoms with Crippen molar-refractivity contribution in [2.45, 2.75) is 0 Å². The summed E-state index contributed by atoms with van der Waals surface area (Å²) in [5, 5.41) is 3.11. The van der Waals surface area contributed by atoms with Gasteiger partial charge in [-0.2, -0.15) is 0 Å². The van der Waals surface area contributed by atoms with Crippen LogP contribution in [0.25, 0.3) is 0 Å². The van der Waals surface area contributed by atoms with E-state index in [0.29, 0.717) is 0 Å². The van der Waals surface area contributed by atoms with E-state index in [2.05, 4.69) is 5.32 Å². The Hall–Kier alpha value is -2.13. The van der Waals surface area contributed by atoms with Gasteiger partial charge in [-0.3, -0.25) is 4.79 Å². The number of ketones is 1. The van der Waals surface area contributed by atoms with E-state index in [1.165, 1.54) is 0 Å². The van der Waals surface area contributed by atoms with Crippen molar-refractivity contribution in [3.05, 3.63) is 60.2 Å². The molecule has 0 spiro atoms. The van der Waals surface area contributed by atoms with Crippen LogP contribution in [0.5, 0.6) is 11.5 Å². The van der Waals surface area contributed by atoms with Crippen molar-refractivity contribution >= 4 is 5.78 Å². The van der Waals surface area contributed by atoms with E-state index in [4.69, 9.17) is 4.74 Å². The van der Waals surface area contributed by atoms with Gasteiger partial charge in [0.15, 0.2) is 5.78 Å². The van der Waals surface area contributed by atoms with Crippen LogP contribution in [0.15, 0.2) is 54.6 Å². The number of carbonyl (C=O) groups is 1. The molecule has 0 saturated carbocycles. The third kappa shape index (κ3) is 2.66. The van der Waals surface area contributed by atoms with Crippen molar-refractivity contribution in [1.29, 1.82) is 0 Å². The van der Waals surface area contributed by atoms with Gasteiger partial charge in [-0.25, -0.2) is 0 Å². The summed E-state index contributed by atoms with van der Waals surface area (Å²) >= 11 is 0. The number of para-hydroxylation sites is 1. The molecule has 2 aromatic carbocycles. The molecule has 1 aliphatic heterocycles. The van der Waals surface area contributed by atoms with Crippen molar-refractivity contribution in [1.82, 2.24) is 5.32 Å². The summed E-state index contributed by atoms with van der Waals surface area (Å²) in [6, 6.07) is 16.9. The van der Waals surface area contributed by atoms with Gasteiger partial charge < -0.3 is 10.1 Å². The Kier molecular flexibility index (Phi) is 3.29. The van der Waals surface area contributed by atoms with Crippen molar-refractivity contribution < 1.29 is 9.53 Å². The number of Topliss-reactive ketones (excluding diaryl/α,β-unsaturated/α-hetero) is 1. The number of rotatable bonds is 4. The average molecular weight is 253 g/mol. The standard InChI is InChI=1S/C16H15NO2/c18-16(13-10-17-11-13)12-6-8-15(9-7-12)19-14-4-2-1-3-5-14/h1-9,13,17H,10-11H2. The van der Waals surface area contributed by atoms with Crippen molar-refractivity contribution in [3.63, 3.8) is 0 Å². The maximum Gasteiger partial charge on any atom is 0.168 e. The fraction of sp³-hybridized carbons (Fsp3) is 0.188. The van der Waals surface area contributed by atoms with Crippen molar-refractivity contribution in [3.8, 4) is 11.5 Å². The molecule has 1 heterocycles. The highest BCUT2D eigenvalue weighted by molar-refractivity contribution is 5.98. The zero-order valence-electron chi connectivity index (χ0n) is 10.5. The number of hydrogen-bond donors (Lipinski definition) is 1. The van der Waals surface area contributed by atoms with Gasteiger partial charge >= 0.3 is 0 Å². The van der Waals surface area contributed by atoms with Gasteiger partial charge in [0.1, 0.15) is 11.5 Å². The predicted molar refractivity (Wildman–Crippen MR) is 73.6 cm³/mol. The van der Waals surface area contributed by atoms with E-state index in [1.807, 2.05) is 54.6 Å². The zero-order valence-corrected chi connectivity index (χ0v) is 10.5. The minimum Gasteiger partial charge on any atom is -0.457 e. The molecule has 0 amide bonds. The first-order chi connectivity index (χ1) is 9.33. The van der Waals surface area contributed by atoms with E-state index < -0.39 is 0 Å². The summed E-state index contributed by atoms with van der Waals surface area (Å²) in [6.07, 6.45) is 0. The molecule has 1 N–H and O–H groups in total. The number of nitrogens with one attached hydrogen (secondary N) is 1. The Balaban J connectivity index is 1.70. The van der Waals surface area contributed by atoms with Crippen LogP contribution in [0.4, 0.5) is 0 Å². The topological polar surface area (TPSA) is 38.3 Å². The first-order valence-electron chi connectivity index (χ1n) is 6.41. The number of hydrogen-bond acceptors (Lipinski definition) is 3. The molecule has 1 aliphatic rings. The second-order valence-electron chi connectivity index (χ2n) is 4.66. The molecule has 0 atom stereocenters. The molecule has 0 unspecified atom stereocenters. The fourth-order valence-electron chi connectivity index (χ4n) is 2.02. The second kappa shape index (κ2) is 5.24. The van der Waals surface area contributed by atoms with Crippen molar-refractivity contribution in [2.24, 2.45) is 5.92 Å². The summed E-state index contributed by atoms with van der Waals surface area (Å²) in [6.45, 7) is 1.59. The summed E-state index contributed by atoms with van der Waals surface area (Å²) in [5.41, 5.74) is 0.756. The highest BCUT2D eigenvalue weighted by Crippen LogP contribution is 2.22. The largest absolute Gasteiger partial charge is 0.457 e. The molecule has 3 rings (SSSR count). The zero-order chi connectivity index (χ0) is 13.1. The number of ether oxygens (including phenoxy) is 1. The predicted octanol–water partition coefficient (Wildman–Crippen LogP) is 2.88. The first-order valence-corrected chi connectivity index (χ1v) is 6.41. The Bertz CT molecular complexity index is 559. The maximum atomic E-state index is 12.0. The molecule has 0 radical (unpaired) electrons. The summed E-state index contributed by atoms with van der Waals surface area (Å²) in [7, 11) is 0. The second-order valence-corrected chi connectivity index (χ2v) is 4.66. The third-order valence-electron chi connectivity index (χ3n) is 3.27. The third-order valence-corrected chi connectivity index (χ3v) is 3.27. The monoisotopic (exact) mass is 253 g/mol. The van der Waals surface area contributed by atoms with Gasteiger partial charge in [0.05, 0.1) is 0 Å². The van der Waals surface area contributed by atoms with Crippen LogP contribution >= 0.6 is 0 Å². The molecule has 19 heavy (non-hydrogen) atoms. The maximum absolute atomic E-state index is 12.0. The summed E-state index contributed by atoms with van der Waals surface area (Å²) in [4.78, 5) is 12.0. The van der Waals surface area contributed by atoms with Crippen LogP contribution < -0.4 is 10.1 Å². The number of benzene rings is 2. The van der Waals surface area contributed by atoms with Gasteiger partial charge in [0, 0.05) is 24.6 Å². The highest BCUT2D eigenvalue weighted by Gasteiger charge is 2.25. The fourth-order valence-corrected chi connectivity index (χ4v) is 2.02. The van der Waals surface area contributed by atoms with Crippen LogP contribution in [-0.4, -0.2) is 18.9 Å². The summed E-state index contributed by atoms with van der Waals surface area (Å²) < 4.78 is 5.69. The van der Waals surface area contributed by atoms with Crippen LogP contribution in [0.2, 0.25) is 0 Å². The molecule has 2 aromatic rings. The van der Waals surface area contributed by atoms with E-state index >= 15 is 0 Å². The van der Waals surface area contributed by atoms with Crippen LogP contribution in [0.1, 0.15) is 10.4 Å². The SMILES string of the molecule is O=C(c1ccc(Oc2ccccc2)cc1)C1CNC1. The molecule has 0 bridgehead atoms. The van der Waals surface area contributed by atoms with Crippen LogP contribution in [0, 0.1) is 5.92 Å². The minimum absolute atomic E-state index is 0.140. The minimum atomic E-state index is 0.140. The first kappa shape index (κ1) is 11.9. The van der Waals surface area contributed by atoms with E-state index in [1.54, 1.807) is 0 Å². The lowest BCUT2D eigenvalue weighted by atomic mass is 9.93. The molecule has 1 saturated heterocycles. The highest BCUT2D eigenvalue weighted by atomic mass is 16.5. The van der Waals surface area contributed by atoms with Gasteiger partial charge in [0.2, 0.25) is 0 Å². The molecular formula is C16H15NO2. The van der Waals surface area contributed by atoms with Gasteiger partial charge in [-0.15, -0.1) is 0 Å². The van der Waals surface area contributed by atoms with Gasteiger partial charge in [-0.05, 0) is 36.4 Å². The smallest absolute Gasteiger partial charge is 0.168 e. The molecule has 1 fully saturated rings. The molecule has 96 valence electrons. The molecule has 0 aromatic heterocycles. The Morgan fingerprint density at radius 2 is 1.58 bits per heavy atom. The van der Waals surface area contributed by atoms with E-state index in [-0.39, 0.29) is 11.7 Å². The quantitative estimate of drug-likeness (QED) is 0.851. The molecule has 3 heteroatoms. The van der Waals surface area contributed by atoms with Gasteiger partial charge in [-0.1, -0.05) is 18.2 Å². The molecule has 3 nitrogen and oxygen atoms in total. The summed E-state index contributed by atoms with van der Waals surface area (Å²) in [5.74, 6) is 1.89. The number of carbonyl (C=O) groups excluding carboxylic acids is 1. The van der Waals surface area contributed by atoms with Crippen molar-refractivity contribution in [2.75, 3.05) is 13.1 Å². The lowest BCUT2D eigenvalue weighted by molar-refractivity contribution is 0.0878. The molecule has 0 aliphatic carbocycles. The lowest BCUT2D eigenvalue weighted by Crippen LogP contribution is -2.46. The van der Waals surface area contributed by atoms with Crippen LogP contribution in [0.3, 0.4) is 0 Å². The normalized spacial score (nSPS) is 14.7. The van der Waals surface area contributed by atoms with Gasteiger partial charge in [0.25, 0.3) is 0 Å². The Morgan fingerprint density at radius 3 is 2.16 bits per heavy atom. The lowest BCUT2D eigenvalue weighted by Gasteiger charge is -2.25. The Morgan fingerprint density at radius 1 is 0.947 bits per heavy atom. The molecular weight excluding hydrogens is 238 g/mol. The van der Waals surface area contributed by atoms with E-state index in [9.17, 15) is 4.79 Å².